The molecule has 1 aromatic carbocycles. The monoisotopic (exact) mass is 355 g/mol. The molecular formula is C15H19BrClN3. The second-order valence-corrected chi connectivity index (χ2v) is 5.78. The number of rotatable bonds is 6. The van der Waals surface area contributed by atoms with Gasteiger partial charge < -0.3 is 5.32 Å². The van der Waals surface area contributed by atoms with Gasteiger partial charge in [-0.25, -0.2) is 0 Å². The van der Waals surface area contributed by atoms with Crippen LogP contribution < -0.4 is 5.32 Å². The van der Waals surface area contributed by atoms with Gasteiger partial charge in [0.1, 0.15) is 0 Å². The van der Waals surface area contributed by atoms with Crippen molar-refractivity contribution in [1.82, 2.24) is 15.1 Å². The van der Waals surface area contributed by atoms with Gasteiger partial charge in [0.15, 0.2) is 0 Å². The smallest absolute Gasteiger partial charge is 0.0739 e. The molecule has 0 fully saturated rings. The third kappa shape index (κ3) is 3.62. The first-order chi connectivity index (χ1) is 9.65. The molecule has 0 amide bonds. The third-order valence-electron chi connectivity index (χ3n) is 3.25. The molecule has 0 aliphatic rings. The average molecular weight is 357 g/mol. The van der Waals surface area contributed by atoms with Gasteiger partial charge in [0, 0.05) is 25.5 Å². The van der Waals surface area contributed by atoms with Crippen LogP contribution in [0.3, 0.4) is 0 Å². The van der Waals surface area contributed by atoms with E-state index in [4.69, 9.17) is 11.6 Å². The van der Waals surface area contributed by atoms with Gasteiger partial charge in [-0.15, -0.1) is 11.6 Å². The van der Waals surface area contributed by atoms with Crippen molar-refractivity contribution in [3.8, 4) is 0 Å². The maximum Gasteiger partial charge on any atom is 0.0739 e. The zero-order valence-corrected chi connectivity index (χ0v) is 14.1. The molecule has 0 saturated heterocycles. The lowest BCUT2D eigenvalue weighted by atomic mass is 10.1. The minimum atomic E-state index is 0.565. The number of benzene rings is 1. The summed E-state index contributed by atoms with van der Waals surface area (Å²) in [5, 5.41) is 7.95. The Hall–Kier alpha value is -0.840. The summed E-state index contributed by atoms with van der Waals surface area (Å²) in [6.45, 7) is 6.64. The largest absolute Gasteiger partial charge is 0.307 e. The van der Waals surface area contributed by atoms with Crippen molar-refractivity contribution in [3.63, 3.8) is 0 Å². The van der Waals surface area contributed by atoms with Crippen molar-refractivity contribution in [3.05, 3.63) is 51.3 Å². The maximum absolute atomic E-state index is 5.79. The number of alkyl halides is 1. The van der Waals surface area contributed by atoms with Gasteiger partial charge in [0.05, 0.1) is 15.9 Å². The van der Waals surface area contributed by atoms with Crippen molar-refractivity contribution in [2.45, 2.75) is 39.4 Å². The Morgan fingerprint density at radius 1 is 1.20 bits per heavy atom. The van der Waals surface area contributed by atoms with Crippen molar-refractivity contribution in [2.24, 2.45) is 0 Å². The van der Waals surface area contributed by atoms with Gasteiger partial charge in [-0.3, -0.25) is 4.68 Å². The Morgan fingerprint density at radius 3 is 2.45 bits per heavy atom. The first-order valence-corrected chi connectivity index (χ1v) is 8.04. The van der Waals surface area contributed by atoms with E-state index in [1.165, 1.54) is 11.3 Å². The molecule has 0 aliphatic heterocycles. The fraction of sp³-hybridized carbons (Fsp3) is 0.400. The van der Waals surface area contributed by atoms with Gasteiger partial charge in [0.25, 0.3) is 0 Å². The van der Waals surface area contributed by atoms with Gasteiger partial charge in [-0.05, 0) is 40.9 Å². The highest BCUT2D eigenvalue weighted by molar-refractivity contribution is 9.10. The van der Waals surface area contributed by atoms with Gasteiger partial charge in [-0.2, -0.15) is 5.10 Å². The number of halogens is 2. The maximum atomic E-state index is 5.79. The molecule has 1 aromatic heterocycles. The fourth-order valence-electron chi connectivity index (χ4n) is 2.11. The van der Waals surface area contributed by atoms with Crippen molar-refractivity contribution in [1.29, 1.82) is 0 Å². The van der Waals surface area contributed by atoms with Crippen LogP contribution in [0.1, 0.15) is 29.4 Å². The highest BCUT2D eigenvalue weighted by Gasteiger charge is 2.11. The summed E-state index contributed by atoms with van der Waals surface area (Å²) >= 11 is 9.40. The average Bonchev–Trinajstić information content (AvgIpc) is 2.75. The molecule has 5 heteroatoms. The van der Waals surface area contributed by atoms with Crippen LogP contribution in [0.2, 0.25) is 0 Å². The summed E-state index contributed by atoms with van der Waals surface area (Å²) in [5.41, 5.74) is 4.64. The number of aromatic nitrogens is 2. The van der Waals surface area contributed by atoms with Crippen LogP contribution in [0.15, 0.2) is 28.7 Å². The first-order valence-electron chi connectivity index (χ1n) is 6.72. The predicted molar refractivity (Wildman–Crippen MR) is 86.9 cm³/mol. The van der Waals surface area contributed by atoms with Crippen molar-refractivity contribution < 1.29 is 0 Å². The van der Waals surface area contributed by atoms with Crippen LogP contribution in [0, 0.1) is 6.92 Å². The number of nitrogens with zero attached hydrogens (tertiary/aromatic N) is 2. The summed E-state index contributed by atoms with van der Waals surface area (Å²) in [5.74, 6) is 0.565. The first kappa shape index (κ1) is 15.5. The van der Waals surface area contributed by atoms with E-state index in [1.807, 2.05) is 11.6 Å². The van der Waals surface area contributed by atoms with Crippen LogP contribution in [0.4, 0.5) is 0 Å². The standard InChI is InChI=1S/C15H19BrClN3/c1-3-20-14(15(16)11(2)19-20)10-18-9-13-6-4-12(8-17)5-7-13/h4-7,18H,3,8-10H2,1-2H3. The SMILES string of the molecule is CCn1nc(C)c(Br)c1CNCc1ccc(CCl)cc1. The summed E-state index contributed by atoms with van der Waals surface area (Å²) in [6.07, 6.45) is 0. The molecule has 1 heterocycles. The lowest BCUT2D eigenvalue weighted by molar-refractivity contribution is 0.578. The quantitative estimate of drug-likeness (QED) is 0.793. The Labute approximate surface area is 133 Å². The molecule has 20 heavy (non-hydrogen) atoms. The summed E-state index contributed by atoms with van der Waals surface area (Å²) in [4.78, 5) is 0. The van der Waals surface area contributed by atoms with E-state index in [-0.39, 0.29) is 0 Å². The van der Waals surface area contributed by atoms with Crippen LogP contribution in [0.25, 0.3) is 0 Å². The second kappa shape index (κ2) is 7.25. The Bertz CT molecular complexity index is 563. The molecule has 108 valence electrons. The Morgan fingerprint density at radius 2 is 1.85 bits per heavy atom. The van der Waals surface area contributed by atoms with E-state index >= 15 is 0 Å². The lowest BCUT2D eigenvalue weighted by Crippen LogP contribution is -2.16. The summed E-state index contributed by atoms with van der Waals surface area (Å²) < 4.78 is 3.13. The van der Waals surface area contributed by atoms with Gasteiger partial charge in [-0.1, -0.05) is 24.3 Å². The van der Waals surface area contributed by atoms with E-state index in [0.29, 0.717) is 5.88 Å². The third-order valence-corrected chi connectivity index (χ3v) is 4.59. The van der Waals surface area contributed by atoms with E-state index in [0.717, 1.165) is 35.4 Å². The molecule has 0 bridgehead atoms. The number of nitrogens with one attached hydrogen (secondary N) is 1. The lowest BCUT2D eigenvalue weighted by Gasteiger charge is -2.08. The van der Waals surface area contributed by atoms with E-state index in [1.54, 1.807) is 0 Å². The zero-order chi connectivity index (χ0) is 14.5. The van der Waals surface area contributed by atoms with Gasteiger partial charge >= 0.3 is 0 Å². The topological polar surface area (TPSA) is 29.9 Å². The molecule has 1 N–H and O–H groups in total. The molecule has 0 aliphatic carbocycles. The Kier molecular flexibility index (Phi) is 5.64. The molecule has 0 radical (unpaired) electrons. The molecular weight excluding hydrogens is 338 g/mol. The van der Waals surface area contributed by atoms with E-state index in [9.17, 15) is 0 Å². The van der Waals surface area contributed by atoms with Crippen molar-refractivity contribution in [2.75, 3.05) is 0 Å². The summed E-state index contributed by atoms with van der Waals surface area (Å²) in [6, 6.07) is 8.37. The second-order valence-electron chi connectivity index (χ2n) is 4.72. The molecule has 0 saturated carbocycles. The molecule has 3 nitrogen and oxygen atoms in total. The zero-order valence-electron chi connectivity index (χ0n) is 11.8. The van der Waals surface area contributed by atoms with Gasteiger partial charge in [0.2, 0.25) is 0 Å². The predicted octanol–water partition coefficient (Wildman–Crippen LogP) is 4.00. The number of hydrogen-bond acceptors (Lipinski definition) is 2. The molecule has 0 unspecified atom stereocenters. The molecule has 0 spiro atoms. The van der Waals surface area contributed by atoms with Crippen LogP contribution >= 0.6 is 27.5 Å². The van der Waals surface area contributed by atoms with E-state index in [2.05, 4.69) is 57.5 Å². The Balaban J connectivity index is 1.95. The van der Waals surface area contributed by atoms with Crippen LogP contribution in [-0.2, 0) is 25.5 Å². The molecule has 0 atom stereocenters. The summed E-state index contributed by atoms with van der Waals surface area (Å²) in [7, 11) is 0. The highest BCUT2D eigenvalue weighted by atomic mass is 79.9. The normalized spacial score (nSPS) is 11.0. The molecule has 2 rings (SSSR count). The minimum absolute atomic E-state index is 0.565. The minimum Gasteiger partial charge on any atom is -0.307 e. The van der Waals surface area contributed by atoms with Crippen molar-refractivity contribution >= 4 is 27.5 Å². The number of hydrogen-bond donors (Lipinski definition) is 1. The van der Waals surface area contributed by atoms with Crippen LogP contribution in [0.5, 0.6) is 0 Å². The van der Waals surface area contributed by atoms with E-state index < -0.39 is 0 Å². The number of aryl methyl sites for hydroxylation is 2. The fourth-order valence-corrected chi connectivity index (χ4v) is 2.71. The molecule has 2 aromatic rings. The highest BCUT2D eigenvalue weighted by Crippen LogP contribution is 2.20. The van der Waals surface area contributed by atoms with Crippen LogP contribution in [-0.4, -0.2) is 9.78 Å².